The van der Waals surface area contributed by atoms with Crippen molar-refractivity contribution in [1.82, 2.24) is 0 Å². The van der Waals surface area contributed by atoms with Crippen LogP contribution in [-0.2, 0) is 4.79 Å². The number of nitrogens with two attached hydrogens (primary N) is 1. The number of quaternary nitrogens is 1. The molecule has 3 aromatic carbocycles. The Kier molecular flexibility index (Phi) is 6.00. The van der Waals surface area contributed by atoms with Crippen LogP contribution in [0.2, 0.25) is 0 Å². The van der Waals surface area contributed by atoms with E-state index >= 15 is 0 Å². The summed E-state index contributed by atoms with van der Waals surface area (Å²) in [6.07, 6.45) is 0.849. The normalized spacial score (nSPS) is 16.1. The fraction of sp³-hybridized carbons (Fsp3) is 0.240. The van der Waals surface area contributed by atoms with Gasteiger partial charge in [0.1, 0.15) is 17.5 Å². The Hall–Kier alpha value is -3.31. The van der Waals surface area contributed by atoms with Crippen LogP contribution < -0.4 is 20.1 Å². The summed E-state index contributed by atoms with van der Waals surface area (Å²) in [5.74, 6) is 1.48. The van der Waals surface area contributed by atoms with E-state index in [-0.39, 0.29) is 11.9 Å². The molecule has 1 aliphatic rings. The average Bonchev–Trinajstić information content (AvgIpc) is 2.78. The van der Waals surface area contributed by atoms with Crippen molar-refractivity contribution in [2.75, 3.05) is 19.0 Å². The molecule has 0 saturated heterocycles. The number of anilines is 1. The molecule has 2 atom stereocenters. The molecule has 3 aromatic rings. The maximum absolute atomic E-state index is 13.4. The van der Waals surface area contributed by atoms with Crippen molar-refractivity contribution in [3.8, 4) is 11.5 Å². The highest BCUT2D eigenvalue weighted by Gasteiger charge is 2.32. The van der Waals surface area contributed by atoms with Crippen LogP contribution in [0.25, 0.3) is 0 Å². The lowest BCUT2D eigenvalue weighted by molar-refractivity contribution is -0.723. The number of carbonyl (C=O) groups excluding carboxylic acids is 1. The summed E-state index contributed by atoms with van der Waals surface area (Å²) in [4.78, 5) is 13.4. The highest BCUT2D eigenvalue weighted by molar-refractivity contribution is 5.95. The molecular formula is C25H27N2O3+. The smallest absolute Gasteiger partial charge is 0.287 e. The van der Waals surface area contributed by atoms with Crippen molar-refractivity contribution in [3.05, 3.63) is 89.5 Å². The van der Waals surface area contributed by atoms with Crippen LogP contribution in [0.3, 0.4) is 0 Å². The standard InChI is InChI=1S/C25H26N2O3/c1-17-12-13-23(29-2)21(16-17)27-25(28)24(18-8-4-3-5-9-18)26-20-14-15-30-22-11-7-6-10-19(20)22/h3-13,16,20,24,26H,14-15H2,1-2H3,(H,27,28)/p+1/t20-,24+/m0/s1. The molecule has 4 rings (SSSR count). The molecule has 5 heteroatoms. The van der Waals surface area contributed by atoms with Gasteiger partial charge < -0.3 is 20.1 Å². The maximum atomic E-state index is 13.4. The van der Waals surface area contributed by atoms with Crippen LogP contribution >= 0.6 is 0 Å². The number of amides is 1. The molecule has 0 bridgehead atoms. The fourth-order valence-corrected chi connectivity index (χ4v) is 3.94. The zero-order valence-electron chi connectivity index (χ0n) is 17.3. The third-order valence-electron chi connectivity index (χ3n) is 5.48. The molecule has 0 radical (unpaired) electrons. The number of hydrogen-bond donors (Lipinski definition) is 2. The Morgan fingerprint density at radius 1 is 1.10 bits per heavy atom. The highest BCUT2D eigenvalue weighted by atomic mass is 16.5. The van der Waals surface area contributed by atoms with Gasteiger partial charge in [-0.1, -0.05) is 48.5 Å². The second-order valence-corrected chi connectivity index (χ2v) is 7.56. The van der Waals surface area contributed by atoms with Gasteiger partial charge in [0.15, 0.2) is 6.04 Å². The topological polar surface area (TPSA) is 64.2 Å². The first-order valence-electron chi connectivity index (χ1n) is 10.2. The molecule has 0 unspecified atom stereocenters. The number of methoxy groups -OCH3 is 1. The molecule has 0 saturated carbocycles. The molecule has 3 N–H and O–H groups in total. The minimum atomic E-state index is -0.396. The molecule has 5 nitrogen and oxygen atoms in total. The van der Waals surface area contributed by atoms with Crippen LogP contribution in [0.5, 0.6) is 11.5 Å². The summed E-state index contributed by atoms with van der Waals surface area (Å²) in [5, 5.41) is 5.24. The number of ether oxygens (including phenoxy) is 2. The number of rotatable bonds is 6. The van der Waals surface area contributed by atoms with Crippen molar-refractivity contribution in [1.29, 1.82) is 0 Å². The third-order valence-corrected chi connectivity index (χ3v) is 5.48. The lowest BCUT2D eigenvalue weighted by Crippen LogP contribution is -2.88. The van der Waals surface area contributed by atoms with E-state index < -0.39 is 6.04 Å². The summed E-state index contributed by atoms with van der Waals surface area (Å²) in [6.45, 7) is 2.64. The van der Waals surface area contributed by atoms with E-state index in [4.69, 9.17) is 9.47 Å². The molecule has 154 valence electrons. The number of aryl methyl sites for hydroxylation is 1. The summed E-state index contributed by atoms with van der Waals surface area (Å²) in [7, 11) is 1.61. The SMILES string of the molecule is COc1ccc(C)cc1NC(=O)[C@H]([NH2+][C@H]1CCOc2ccccc21)c1ccccc1. The quantitative estimate of drug-likeness (QED) is 0.659. The van der Waals surface area contributed by atoms with Gasteiger partial charge >= 0.3 is 0 Å². The summed E-state index contributed by atoms with van der Waals surface area (Å²) < 4.78 is 11.2. The predicted molar refractivity (Wildman–Crippen MR) is 117 cm³/mol. The number of para-hydroxylation sites is 1. The molecule has 0 aromatic heterocycles. The van der Waals surface area contributed by atoms with E-state index in [1.807, 2.05) is 73.7 Å². The van der Waals surface area contributed by atoms with E-state index in [1.165, 1.54) is 0 Å². The molecule has 1 amide bonds. The second-order valence-electron chi connectivity index (χ2n) is 7.56. The minimum Gasteiger partial charge on any atom is -0.495 e. The summed E-state index contributed by atoms with van der Waals surface area (Å²) in [6, 6.07) is 23.5. The summed E-state index contributed by atoms with van der Waals surface area (Å²) in [5.41, 5.74) is 3.84. The van der Waals surface area contributed by atoms with Gasteiger partial charge in [-0.25, -0.2) is 0 Å². The first-order chi connectivity index (χ1) is 14.7. The Labute approximate surface area is 177 Å². The second kappa shape index (κ2) is 9.01. The van der Waals surface area contributed by atoms with E-state index in [2.05, 4.69) is 16.7 Å². The lowest BCUT2D eigenvalue weighted by atomic mass is 9.97. The van der Waals surface area contributed by atoms with Crippen molar-refractivity contribution in [2.45, 2.75) is 25.4 Å². The zero-order valence-corrected chi connectivity index (χ0v) is 17.3. The minimum absolute atomic E-state index is 0.0749. The van der Waals surface area contributed by atoms with Gasteiger partial charge in [0.25, 0.3) is 5.91 Å². The van der Waals surface area contributed by atoms with E-state index in [1.54, 1.807) is 7.11 Å². The fourth-order valence-electron chi connectivity index (χ4n) is 3.94. The van der Waals surface area contributed by atoms with Crippen molar-refractivity contribution in [2.24, 2.45) is 0 Å². The van der Waals surface area contributed by atoms with Gasteiger partial charge in [-0.2, -0.15) is 0 Å². The third kappa shape index (κ3) is 4.31. The Morgan fingerprint density at radius 3 is 2.67 bits per heavy atom. The Balaban J connectivity index is 1.63. The average molecular weight is 404 g/mol. The molecule has 0 aliphatic carbocycles. The van der Waals surface area contributed by atoms with Gasteiger partial charge in [-0.3, -0.25) is 4.79 Å². The maximum Gasteiger partial charge on any atom is 0.287 e. The first kappa shape index (κ1) is 20.0. The molecule has 30 heavy (non-hydrogen) atoms. The van der Waals surface area contributed by atoms with Gasteiger partial charge in [0.2, 0.25) is 0 Å². The Bertz CT molecular complexity index is 1020. The predicted octanol–water partition coefficient (Wildman–Crippen LogP) is 3.77. The molecular weight excluding hydrogens is 376 g/mol. The van der Waals surface area contributed by atoms with Gasteiger partial charge in [0.05, 0.1) is 25.0 Å². The molecule has 1 aliphatic heterocycles. The van der Waals surface area contributed by atoms with Crippen molar-refractivity contribution in [3.63, 3.8) is 0 Å². The van der Waals surface area contributed by atoms with Gasteiger partial charge in [-0.15, -0.1) is 0 Å². The van der Waals surface area contributed by atoms with Crippen molar-refractivity contribution < 1.29 is 19.6 Å². The molecule has 0 spiro atoms. The first-order valence-corrected chi connectivity index (χ1v) is 10.2. The highest BCUT2D eigenvalue weighted by Crippen LogP contribution is 2.30. The van der Waals surface area contributed by atoms with Gasteiger partial charge in [0, 0.05) is 12.0 Å². The van der Waals surface area contributed by atoms with Gasteiger partial charge in [-0.05, 0) is 36.8 Å². The number of fused-ring (bicyclic) bond motifs is 1. The van der Waals surface area contributed by atoms with Crippen LogP contribution in [-0.4, -0.2) is 19.6 Å². The Morgan fingerprint density at radius 2 is 1.87 bits per heavy atom. The largest absolute Gasteiger partial charge is 0.495 e. The van der Waals surface area contributed by atoms with Crippen LogP contribution in [0.4, 0.5) is 5.69 Å². The van der Waals surface area contributed by atoms with Crippen molar-refractivity contribution >= 4 is 11.6 Å². The number of benzene rings is 3. The van der Waals surface area contributed by atoms with Crippen LogP contribution in [0.15, 0.2) is 72.8 Å². The monoisotopic (exact) mass is 403 g/mol. The lowest BCUT2D eigenvalue weighted by Gasteiger charge is -2.27. The van der Waals surface area contributed by atoms with E-state index in [0.29, 0.717) is 18.0 Å². The van der Waals surface area contributed by atoms with E-state index in [0.717, 1.165) is 28.9 Å². The van der Waals surface area contributed by atoms with Crippen LogP contribution in [0.1, 0.15) is 35.2 Å². The number of nitrogens with one attached hydrogen (secondary N) is 1. The van der Waals surface area contributed by atoms with E-state index in [9.17, 15) is 4.79 Å². The molecule has 1 heterocycles. The molecule has 0 fully saturated rings. The van der Waals surface area contributed by atoms with Crippen LogP contribution in [0, 0.1) is 6.92 Å². The summed E-state index contributed by atoms with van der Waals surface area (Å²) >= 11 is 0. The number of hydrogen-bond acceptors (Lipinski definition) is 3. The zero-order chi connectivity index (χ0) is 20.9. The number of carbonyl (C=O) groups is 1.